The van der Waals surface area contributed by atoms with Crippen molar-refractivity contribution in [2.75, 3.05) is 45.8 Å². The number of carbonyl (C=O) groups excluding carboxylic acids is 2. The minimum atomic E-state index is -0.175. The first-order chi connectivity index (χ1) is 13.6. The Bertz CT molecular complexity index is 734. The maximum absolute atomic E-state index is 12.8. The van der Waals surface area contributed by atoms with Crippen LogP contribution in [0, 0.1) is 0 Å². The van der Waals surface area contributed by atoms with Crippen molar-refractivity contribution in [2.24, 2.45) is 0 Å². The Morgan fingerprint density at radius 2 is 1.68 bits per heavy atom. The van der Waals surface area contributed by atoms with E-state index in [1.54, 1.807) is 4.90 Å². The Balaban J connectivity index is 1.52. The van der Waals surface area contributed by atoms with Gasteiger partial charge in [0.2, 0.25) is 5.91 Å². The van der Waals surface area contributed by atoms with E-state index in [1.807, 2.05) is 4.90 Å². The van der Waals surface area contributed by atoms with Gasteiger partial charge in [-0.05, 0) is 31.7 Å². The second-order valence-electron chi connectivity index (χ2n) is 7.64. The molecule has 2 fully saturated rings. The number of amides is 2. The lowest BCUT2D eigenvalue weighted by molar-refractivity contribution is -0.133. The highest BCUT2D eigenvalue weighted by Crippen LogP contribution is 2.11. The number of aromatic nitrogens is 2. The number of carbonyl (C=O) groups is 2. The molecule has 0 N–H and O–H groups in total. The number of unbranched alkanes of at least 4 members (excludes halogenated alkanes) is 1. The molecular formula is C20H31N5O3. The van der Waals surface area contributed by atoms with E-state index in [-0.39, 0.29) is 17.4 Å². The minimum absolute atomic E-state index is 0.146. The molecule has 0 saturated carbocycles. The molecule has 0 spiro atoms. The highest BCUT2D eigenvalue weighted by molar-refractivity contribution is 5.92. The van der Waals surface area contributed by atoms with Crippen molar-refractivity contribution in [2.45, 2.75) is 45.6 Å². The van der Waals surface area contributed by atoms with Crippen LogP contribution in [0.5, 0.6) is 0 Å². The summed E-state index contributed by atoms with van der Waals surface area (Å²) in [6.07, 6.45) is 5.23. The van der Waals surface area contributed by atoms with Crippen molar-refractivity contribution in [3.8, 4) is 0 Å². The Hall–Kier alpha value is -2.22. The van der Waals surface area contributed by atoms with Crippen LogP contribution >= 0.6 is 0 Å². The summed E-state index contributed by atoms with van der Waals surface area (Å²) >= 11 is 0. The van der Waals surface area contributed by atoms with E-state index in [0.717, 1.165) is 38.8 Å². The van der Waals surface area contributed by atoms with Crippen molar-refractivity contribution >= 4 is 11.8 Å². The summed E-state index contributed by atoms with van der Waals surface area (Å²) in [5, 5.41) is 4.25. The quantitative estimate of drug-likeness (QED) is 0.720. The summed E-state index contributed by atoms with van der Waals surface area (Å²) in [6, 6.07) is 2.93. The molecule has 0 atom stereocenters. The third-order valence-corrected chi connectivity index (χ3v) is 5.54. The summed E-state index contributed by atoms with van der Waals surface area (Å²) in [7, 11) is 0. The number of hydrogen-bond donors (Lipinski definition) is 0. The molecule has 2 saturated heterocycles. The van der Waals surface area contributed by atoms with Gasteiger partial charge in [0.1, 0.15) is 5.69 Å². The average molecular weight is 390 g/mol. The Morgan fingerprint density at radius 1 is 0.964 bits per heavy atom. The normalized spacial score (nSPS) is 18.3. The Kier molecular flexibility index (Phi) is 7.19. The molecule has 28 heavy (non-hydrogen) atoms. The zero-order chi connectivity index (χ0) is 19.9. The molecule has 2 aliphatic heterocycles. The molecule has 0 bridgehead atoms. The van der Waals surface area contributed by atoms with Crippen molar-refractivity contribution in [3.05, 3.63) is 28.2 Å². The van der Waals surface area contributed by atoms with Gasteiger partial charge in [0.05, 0.1) is 6.54 Å². The molecule has 8 heteroatoms. The Labute approximate surface area is 166 Å². The van der Waals surface area contributed by atoms with Gasteiger partial charge >= 0.3 is 0 Å². The van der Waals surface area contributed by atoms with Crippen LogP contribution in [0.2, 0.25) is 0 Å². The summed E-state index contributed by atoms with van der Waals surface area (Å²) in [4.78, 5) is 42.9. The second kappa shape index (κ2) is 9.82. The second-order valence-corrected chi connectivity index (χ2v) is 7.64. The molecule has 0 radical (unpaired) electrons. The predicted octanol–water partition coefficient (Wildman–Crippen LogP) is 0.814. The molecule has 154 valence electrons. The van der Waals surface area contributed by atoms with E-state index in [0.29, 0.717) is 45.0 Å². The van der Waals surface area contributed by atoms with E-state index in [9.17, 15) is 14.4 Å². The van der Waals surface area contributed by atoms with E-state index in [4.69, 9.17) is 0 Å². The topological polar surface area (TPSA) is 78.8 Å². The smallest absolute Gasteiger partial charge is 0.274 e. The lowest BCUT2D eigenvalue weighted by Gasteiger charge is -2.36. The summed E-state index contributed by atoms with van der Waals surface area (Å²) in [6.45, 7) is 7.26. The predicted molar refractivity (Wildman–Crippen MR) is 106 cm³/mol. The van der Waals surface area contributed by atoms with Crippen LogP contribution in [0.15, 0.2) is 16.9 Å². The number of aryl methyl sites for hydroxylation is 1. The molecule has 0 aromatic carbocycles. The minimum Gasteiger partial charge on any atom is -0.342 e. The van der Waals surface area contributed by atoms with Crippen molar-refractivity contribution in [1.29, 1.82) is 0 Å². The van der Waals surface area contributed by atoms with Crippen LogP contribution in [-0.4, -0.2) is 82.1 Å². The molecule has 2 aliphatic rings. The largest absolute Gasteiger partial charge is 0.342 e. The highest BCUT2D eigenvalue weighted by Gasteiger charge is 2.26. The first-order valence-electron chi connectivity index (χ1n) is 10.5. The molecule has 2 amide bonds. The van der Waals surface area contributed by atoms with Gasteiger partial charge in [-0.3, -0.25) is 19.3 Å². The fourth-order valence-electron chi connectivity index (χ4n) is 3.74. The van der Waals surface area contributed by atoms with Gasteiger partial charge in [-0.15, -0.1) is 0 Å². The van der Waals surface area contributed by atoms with Gasteiger partial charge in [0.25, 0.3) is 11.5 Å². The first-order valence-corrected chi connectivity index (χ1v) is 10.5. The Morgan fingerprint density at radius 3 is 2.36 bits per heavy atom. The van der Waals surface area contributed by atoms with Crippen LogP contribution in [0.1, 0.15) is 49.5 Å². The van der Waals surface area contributed by atoms with Gasteiger partial charge in [0, 0.05) is 51.9 Å². The number of rotatable bonds is 6. The number of likely N-dealkylation sites (tertiary alicyclic amines) is 1. The fraction of sp³-hybridized carbons (Fsp3) is 0.700. The molecular weight excluding hydrogens is 358 g/mol. The van der Waals surface area contributed by atoms with Crippen molar-refractivity contribution in [1.82, 2.24) is 24.5 Å². The van der Waals surface area contributed by atoms with Crippen molar-refractivity contribution < 1.29 is 9.59 Å². The average Bonchev–Trinajstić information content (AvgIpc) is 2.74. The maximum Gasteiger partial charge on any atom is 0.274 e. The standard InChI is InChI=1S/C20H31N5O3/c1-2-3-11-25-18(26)8-7-17(21-25)20(28)24-14-12-22(13-15-24)16-19(27)23-9-5-4-6-10-23/h7-8H,2-6,9-16H2,1H3. The molecule has 8 nitrogen and oxygen atoms in total. The lowest BCUT2D eigenvalue weighted by atomic mass is 10.1. The number of piperazine rings is 1. The van der Waals surface area contributed by atoms with Crippen molar-refractivity contribution in [3.63, 3.8) is 0 Å². The lowest BCUT2D eigenvalue weighted by Crippen LogP contribution is -2.52. The summed E-state index contributed by atoms with van der Waals surface area (Å²) < 4.78 is 1.38. The van der Waals surface area contributed by atoms with E-state index >= 15 is 0 Å². The van der Waals surface area contributed by atoms with Gasteiger partial charge in [-0.2, -0.15) is 5.10 Å². The van der Waals surface area contributed by atoms with Gasteiger partial charge in [-0.1, -0.05) is 13.3 Å². The van der Waals surface area contributed by atoms with E-state index in [1.165, 1.54) is 23.2 Å². The molecule has 1 aromatic rings. The first kappa shape index (κ1) is 20.5. The molecule has 3 rings (SSSR count). The molecule has 1 aromatic heterocycles. The van der Waals surface area contributed by atoms with Gasteiger partial charge < -0.3 is 9.80 Å². The highest BCUT2D eigenvalue weighted by atomic mass is 16.2. The molecule has 0 aliphatic carbocycles. The van der Waals surface area contributed by atoms with Gasteiger partial charge in [-0.25, -0.2) is 4.68 Å². The van der Waals surface area contributed by atoms with Crippen LogP contribution in [0.3, 0.4) is 0 Å². The zero-order valence-corrected chi connectivity index (χ0v) is 16.8. The maximum atomic E-state index is 12.8. The molecule has 0 unspecified atom stereocenters. The number of piperidine rings is 1. The fourth-order valence-corrected chi connectivity index (χ4v) is 3.74. The van der Waals surface area contributed by atoms with Crippen LogP contribution in [-0.2, 0) is 11.3 Å². The summed E-state index contributed by atoms with van der Waals surface area (Å²) in [5.74, 6) is 0.0522. The number of hydrogen-bond acceptors (Lipinski definition) is 5. The van der Waals surface area contributed by atoms with Crippen LogP contribution in [0.4, 0.5) is 0 Å². The number of nitrogens with zero attached hydrogens (tertiary/aromatic N) is 5. The third kappa shape index (κ3) is 5.19. The summed E-state index contributed by atoms with van der Waals surface area (Å²) in [5.41, 5.74) is 0.139. The van der Waals surface area contributed by atoms with Crippen LogP contribution in [0.25, 0.3) is 0 Å². The zero-order valence-electron chi connectivity index (χ0n) is 16.8. The van der Waals surface area contributed by atoms with Crippen LogP contribution < -0.4 is 5.56 Å². The SMILES string of the molecule is CCCCn1nc(C(=O)N2CCN(CC(=O)N3CCCCC3)CC2)ccc1=O. The third-order valence-electron chi connectivity index (χ3n) is 5.54. The molecule has 3 heterocycles. The van der Waals surface area contributed by atoms with E-state index < -0.39 is 0 Å². The van der Waals surface area contributed by atoms with E-state index in [2.05, 4.69) is 16.9 Å². The van der Waals surface area contributed by atoms with Gasteiger partial charge in [0.15, 0.2) is 0 Å². The monoisotopic (exact) mass is 389 g/mol.